The van der Waals surface area contributed by atoms with Gasteiger partial charge in [0.15, 0.2) is 5.82 Å². The Bertz CT molecular complexity index is 359. The highest BCUT2D eigenvalue weighted by Crippen LogP contribution is 2.15. The first-order chi connectivity index (χ1) is 8.65. The first kappa shape index (κ1) is 13.5. The van der Waals surface area contributed by atoms with E-state index < -0.39 is 0 Å². The summed E-state index contributed by atoms with van der Waals surface area (Å²) in [5, 5.41) is 3.97. The van der Waals surface area contributed by atoms with Crippen molar-refractivity contribution in [3.8, 4) is 0 Å². The highest BCUT2D eigenvalue weighted by molar-refractivity contribution is 4.91. The SMILES string of the molecule is CC(C)c1noc(CN(C)C[C@@H]2CCCCO2)n1. The Morgan fingerprint density at radius 3 is 2.83 bits per heavy atom. The van der Waals surface area contributed by atoms with Gasteiger partial charge < -0.3 is 9.26 Å². The molecule has 0 aliphatic carbocycles. The molecule has 1 fully saturated rings. The predicted octanol–water partition coefficient (Wildman–Crippen LogP) is 2.19. The summed E-state index contributed by atoms with van der Waals surface area (Å²) in [7, 11) is 2.07. The number of nitrogens with zero attached hydrogens (tertiary/aromatic N) is 3. The Labute approximate surface area is 108 Å². The van der Waals surface area contributed by atoms with Crippen LogP contribution >= 0.6 is 0 Å². The summed E-state index contributed by atoms with van der Waals surface area (Å²) in [5.74, 6) is 1.79. The molecule has 0 amide bonds. The standard InChI is InChI=1S/C13H23N3O2/c1-10(2)13-14-12(18-15-13)9-16(3)8-11-6-4-5-7-17-11/h10-11H,4-9H2,1-3H3/t11-/m0/s1. The fraction of sp³-hybridized carbons (Fsp3) is 0.846. The van der Waals surface area contributed by atoms with E-state index in [9.17, 15) is 0 Å². The molecule has 5 nitrogen and oxygen atoms in total. The average molecular weight is 253 g/mol. The van der Waals surface area contributed by atoms with E-state index in [0.717, 1.165) is 25.4 Å². The van der Waals surface area contributed by atoms with Crippen LogP contribution in [-0.2, 0) is 11.3 Å². The van der Waals surface area contributed by atoms with Gasteiger partial charge in [-0.05, 0) is 26.3 Å². The Kier molecular flexibility index (Phi) is 4.72. The monoisotopic (exact) mass is 253 g/mol. The van der Waals surface area contributed by atoms with Crippen molar-refractivity contribution in [2.24, 2.45) is 0 Å². The summed E-state index contributed by atoms with van der Waals surface area (Å²) < 4.78 is 11.0. The summed E-state index contributed by atoms with van der Waals surface area (Å²) in [4.78, 5) is 6.57. The van der Waals surface area contributed by atoms with Crippen LogP contribution in [-0.4, -0.2) is 41.3 Å². The molecular formula is C13H23N3O2. The van der Waals surface area contributed by atoms with Crippen LogP contribution in [0.2, 0.25) is 0 Å². The first-order valence-electron chi connectivity index (χ1n) is 6.77. The number of aromatic nitrogens is 2. The fourth-order valence-corrected chi connectivity index (χ4v) is 2.16. The molecule has 18 heavy (non-hydrogen) atoms. The van der Waals surface area contributed by atoms with Crippen LogP contribution in [0.3, 0.4) is 0 Å². The Morgan fingerprint density at radius 1 is 1.39 bits per heavy atom. The number of rotatable bonds is 5. The van der Waals surface area contributed by atoms with Gasteiger partial charge in [0.1, 0.15) is 0 Å². The Hall–Kier alpha value is -0.940. The molecule has 0 radical (unpaired) electrons. The molecule has 0 spiro atoms. The Morgan fingerprint density at radius 2 is 2.22 bits per heavy atom. The van der Waals surface area contributed by atoms with Gasteiger partial charge in [0.25, 0.3) is 0 Å². The van der Waals surface area contributed by atoms with Gasteiger partial charge in [-0.25, -0.2) is 0 Å². The molecule has 1 saturated heterocycles. The smallest absolute Gasteiger partial charge is 0.240 e. The molecule has 1 atom stereocenters. The summed E-state index contributed by atoms with van der Waals surface area (Å²) >= 11 is 0. The first-order valence-corrected chi connectivity index (χ1v) is 6.77. The second-order valence-electron chi connectivity index (χ2n) is 5.39. The van der Waals surface area contributed by atoms with Crippen molar-refractivity contribution < 1.29 is 9.26 Å². The topological polar surface area (TPSA) is 51.4 Å². The van der Waals surface area contributed by atoms with E-state index >= 15 is 0 Å². The lowest BCUT2D eigenvalue weighted by Crippen LogP contribution is -2.33. The average Bonchev–Trinajstić information content (AvgIpc) is 2.78. The highest BCUT2D eigenvalue weighted by atomic mass is 16.5. The molecule has 5 heteroatoms. The van der Waals surface area contributed by atoms with Crippen LogP contribution in [0.25, 0.3) is 0 Å². The number of likely N-dealkylation sites (N-methyl/N-ethyl adjacent to an activating group) is 1. The third-order valence-corrected chi connectivity index (χ3v) is 3.19. The van der Waals surface area contributed by atoms with Gasteiger partial charge in [-0.15, -0.1) is 0 Å². The lowest BCUT2D eigenvalue weighted by atomic mass is 10.1. The minimum atomic E-state index is 0.314. The van der Waals surface area contributed by atoms with Gasteiger partial charge in [-0.2, -0.15) is 4.98 Å². The van der Waals surface area contributed by atoms with E-state index in [1.807, 2.05) is 0 Å². The summed E-state index contributed by atoms with van der Waals surface area (Å²) in [5.41, 5.74) is 0. The Balaban J connectivity index is 1.80. The molecule has 1 aliphatic rings. The molecule has 1 aliphatic heterocycles. The molecule has 1 aromatic heterocycles. The normalized spacial score (nSPS) is 20.8. The van der Waals surface area contributed by atoms with E-state index in [1.54, 1.807) is 0 Å². The summed E-state index contributed by atoms with van der Waals surface area (Å²) in [6.07, 6.45) is 3.99. The van der Waals surface area contributed by atoms with Crippen LogP contribution < -0.4 is 0 Å². The fourth-order valence-electron chi connectivity index (χ4n) is 2.16. The third-order valence-electron chi connectivity index (χ3n) is 3.19. The lowest BCUT2D eigenvalue weighted by molar-refractivity contribution is -0.00382. The molecule has 2 rings (SSSR count). The maximum Gasteiger partial charge on any atom is 0.240 e. The van der Waals surface area contributed by atoms with Crippen molar-refractivity contribution in [3.63, 3.8) is 0 Å². The van der Waals surface area contributed by atoms with Gasteiger partial charge in [0.05, 0.1) is 12.6 Å². The highest BCUT2D eigenvalue weighted by Gasteiger charge is 2.17. The number of hydrogen-bond acceptors (Lipinski definition) is 5. The van der Waals surface area contributed by atoms with Crippen LogP contribution in [0, 0.1) is 0 Å². The van der Waals surface area contributed by atoms with Gasteiger partial charge in [0.2, 0.25) is 5.89 Å². The van der Waals surface area contributed by atoms with Crippen molar-refractivity contribution >= 4 is 0 Å². The minimum Gasteiger partial charge on any atom is -0.377 e. The summed E-state index contributed by atoms with van der Waals surface area (Å²) in [6, 6.07) is 0. The van der Waals surface area contributed by atoms with E-state index in [4.69, 9.17) is 9.26 Å². The number of hydrogen-bond donors (Lipinski definition) is 0. The van der Waals surface area contributed by atoms with E-state index in [0.29, 0.717) is 24.5 Å². The van der Waals surface area contributed by atoms with E-state index in [2.05, 4.69) is 35.9 Å². The van der Waals surface area contributed by atoms with Crippen molar-refractivity contribution in [2.45, 2.75) is 51.7 Å². The maximum atomic E-state index is 5.72. The molecule has 2 heterocycles. The zero-order valence-electron chi connectivity index (χ0n) is 11.6. The molecule has 102 valence electrons. The van der Waals surface area contributed by atoms with E-state index in [1.165, 1.54) is 12.8 Å². The van der Waals surface area contributed by atoms with Crippen LogP contribution in [0.1, 0.15) is 50.7 Å². The molecule has 0 saturated carbocycles. The van der Waals surface area contributed by atoms with Gasteiger partial charge >= 0.3 is 0 Å². The quantitative estimate of drug-likeness (QED) is 0.805. The van der Waals surface area contributed by atoms with Crippen LogP contribution in [0.5, 0.6) is 0 Å². The lowest BCUT2D eigenvalue weighted by Gasteiger charge is -2.26. The molecule has 0 aromatic carbocycles. The van der Waals surface area contributed by atoms with Crippen molar-refractivity contribution in [3.05, 3.63) is 11.7 Å². The second kappa shape index (κ2) is 6.29. The third kappa shape index (κ3) is 3.78. The molecule has 0 N–H and O–H groups in total. The molecule has 0 bridgehead atoms. The molecular weight excluding hydrogens is 230 g/mol. The minimum absolute atomic E-state index is 0.314. The maximum absolute atomic E-state index is 5.72. The number of ether oxygens (including phenoxy) is 1. The van der Waals surface area contributed by atoms with Crippen molar-refractivity contribution in [2.75, 3.05) is 20.2 Å². The largest absolute Gasteiger partial charge is 0.377 e. The van der Waals surface area contributed by atoms with Gasteiger partial charge in [0, 0.05) is 19.1 Å². The zero-order valence-corrected chi connectivity index (χ0v) is 11.6. The van der Waals surface area contributed by atoms with Crippen LogP contribution in [0.4, 0.5) is 0 Å². The molecule has 1 aromatic rings. The van der Waals surface area contributed by atoms with Gasteiger partial charge in [-0.3, -0.25) is 4.90 Å². The molecule has 0 unspecified atom stereocenters. The predicted molar refractivity (Wildman–Crippen MR) is 68.3 cm³/mol. The van der Waals surface area contributed by atoms with E-state index in [-0.39, 0.29) is 0 Å². The van der Waals surface area contributed by atoms with Crippen LogP contribution in [0.15, 0.2) is 4.52 Å². The van der Waals surface area contributed by atoms with Crippen molar-refractivity contribution in [1.29, 1.82) is 0 Å². The van der Waals surface area contributed by atoms with Gasteiger partial charge in [-0.1, -0.05) is 19.0 Å². The summed E-state index contributed by atoms with van der Waals surface area (Å²) in [6.45, 7) is 6.65. The zero-order chi connectivity index (χ0) is 13.0. The second-order valence-corrected chi connectivity index (χ2v) is 5.39. The van der Waals surface area contributed by atoms with Crippen molar-refractivity contribution in [1.82, 2.24) is 15.0 Å².